The number of aromatic nitrogens is 1. The number of hydrogen-bond donors (Lipinski definition) is 0. The van der Waals surface area contributed by atoms with Crippen LogP contribution in [0.15, 0.2) is 65.1 Å². The van der Waals surface area contributed by atoms with E-state index in [0.717, 1.165) is 21.9 Å². The van der Waals surface area contributed by atoms with Gasteiger partial charge >= 0.3 is 12.3 Å². The zero-order valence-corrected chi connectivity index (χ0v) is 16.6. The van der Waals surface area contributed by atoms with E-state index in [-0.39, 0.29) is 11.6 Å². The maximum atomic E-state index is 14.4. The maximum Gasteiger partial charge on any atom is 0.329 e. The fourth-order valence-corrected chi connectivity index (χ4v) is 4.03. The smallest absolute Gasteiger partial charge is 0.329 e. The number of ether oxygens (including phenoxy) is 1. The van der Waals surface area contributed by atoms with E-state index >= 15 is 0 Å². The highest BCUT2D eigenvalue weighted by molar-refractivity contribution is 7.14. The number of halogens is 4. The Morgan fingerprint density at radius 1 is 1.07 bits per heavy atom. The second-order valence-corrected chi connectivity index (χ2v) is 7.53. The molecular formula is C21H17F4N3OS. The molecular weight excluding hydrogens is 418 g/mol. The molecule has 1 aromatic heterocycles. The summed E-state index contributed by atoms with van der Waals surface area (Å²) in [5.74, 6) is -3.66. The van der Waals surface area contributed by atoms with Crippen LogP contribution in [0, 0.1) is 0 Å². The Morgan fingerprint density at radius 2 is 1.77 bits per heavy atom. The fourth-order valence-electron chi connectivity index (χ4n) is 3.20. The summed E-state index contributed by atoms with van der Waals surface area (Å²) < 4.78 is 60.3. The summed E-state index contributed by atoms with van der Waals surface area (Å²) in [6.45, 7) is 0. The van der Waals surface area contributed by atoms with E-state index in [1.165, 1.54) is 7.11 Å². The zero-order valence-electron chi connectivity index (χ0n) is 15.8. The summed E-state index contributed by atoms with van der Waals surface area (Å²) in [6, 6.07) is 14.0. The molecule has 0 saturated heterocycles. The SMILES string of the molecule is COc1ccc(C2=NN(c3nc(-c4ccccc4)cs3)[C@@H](C(F)(F)C(F)F)C2)cc1. The van der Waals surface area contributed by atoms with Gasteiger partial charge in [-0.05, 0) is 29.8 Å². The molecule has 2 heterocycles. The summed E-state index contributed by atoms with van der Waals surface area (Å²) in [4.78, 5) is 4.38. The summed E-state index contributed by atoms with van der Waals surface area (Å²) >= 11 is 1.09. The van der Waals surface area contributed by atoms with Crippen LogP contribution in [0.25, 0.3) is 11.3 Å². The van der Waals surface area contributed by atoms with E-state index in [0.29, 0.717) is 22.7 Å². The summed E-state index contributed by atoms with van der Waals surface area (Å²) in [6.07, 6.45) is -4.15. The summed E-state index contributed by atoms with van der Waals surface area (Å²) in [5.41, 5.74) is 2.23. The van der Waals surface area contributed by atoms with Crippen molar-refractivity contribution in [3.63, 3.8) is 0 Å². The number of anilines is 1. The lowest BCUT2D eigenvalue weighted by Crippen LogP contribution is -2.48. The second kappa shape index (κ2) is 8.06. The van der Waals surface area contributed by atoms with Crippen molar-refractivity contribution < 1.29 is 22.3 Å². The molecule has 0 fully saturated rings. The number of alkyl halides is 4. The first-order valence-electron chi connectivity index (χ1n) is 9.08. The van der Waals surface area contributed by atoms with Crippen LogP contribution in [0.2, 0.25) is 0 Å². The molecule has 4 rings (SSSR count). The Kier molecular flexibility index (Phi) is 5.46. The molecule has 2 aromatic carbocycles. The third kappa shape index (κ3) is 3.77. The number of thiazole rings is 1. The van der Waals surface area contributed by atoms with Crippen molar-refractivity contribution in [2.75, 3.05) is 12.1 Å². The number of rotatable bonds is 6. The van der Waals surface area contributed by atoms with Crippen molar-refractivity contribution in [2.45, 2.75) is 24.8 Å². The van der Waals surface area contributed by atoms with E-state index in [1.54, 1.807) is 29.6 Å². The Morgan fingerprint density at radius 3 is 2.40 bits per heavy atom. The van der Waals surface area contributed by atoms with Gasteiger partial charge in [-0.15, -0.1) is 11.3 Å². The van der Waals surface area contributed by atoms with Crippen LogP contribution in [0.3, 0.4) is 0 Å². The van der Waals surface area contributed by atoms with Crippen LogP contribution < -0.4 is 9.75 Å². The van der Waals surface area contributed by atoms with Crippen molar-refractivity contribution in [3.8, 4) is 17.0 Å². The Hall–Kier alpha value is -2.94. The molecule has 0 radical (unpaired) electrons. The van der Waals surface area contributed by atoms with E-state index in [2.05, 4.69) is 10.1 Å². The van der Waals surface area contributed by atoms with Crippen LogP contribution >= 0.6 is 11.3 Å². The third-order valence-electron chi connectivity index (χ3n) is 4.83. The highest BCUT2D eigenvalue weighted by atomic mass is 32.1. The lowest BCUT2D eigenvalue weighted by atomic mass is 10.00. The molecule has 1 aliphatic heterocycles. The average molecular weight is 435 g/mol. The van der Waals surface area contributed by atoms with Gasteiger partial charge in [0.1, 0.15) is 11.8 Å². The molecule has 1 aliphatic rings. The predicted octanol–water partition coefficient (Wildman–Crippen LogP) is 5.70. The van der Waals surface area contributed by atoms with Crippen LogP contribution in [-0.2, 0) is 0 Å². The number of hydrazone groups is 1. The molecule has 30 heavy (non-hydrogen) atoms. The number of nitrogens with zero attached hydrogens (tertiary/aromatic N) is 3. The van der Waals surface area contributed by atoms with Gasteiger partial charge in [-0.2, -0.15) is 13.9 Å². The molecule has 0 N–H and O–H groups in total. The molecule has 0 saturated carbocycles. The van der Waals surface area contributed by atoms with Crippen LogP contribution in [0.5, 0.6) is 5.75 Å². The first-order chi connectivity index (χ1) is 14.4. The predicted molar refractivity (Wildman–Crippen MR) is 109 cm³/mol. The fraction of sp³-hybridized carbons (Fsp3) is 0.238. The standard InChI is InChI=1S/C21H17F4N3OS/c1-29-15-9-7-14(8-10-15)16-11-18(21(24,25)19(22)23)28(27-16)20-26-17(12-30-20)13-5-3-2-4-6-13/h2-10,12,18-19H,11H2,1H3/t18-/m1/s1. The third-order valence-corrected chi connectivity index (χ3v) is 5.66. The van der Waals surface area contributed by atoms with Gasteiger partial charge in [0.15, 0.2) is 0 Å². The monoisotopic (exact) mass is 435 g/mol. The van der Waals surface area contributed by atoms with E-state index in [4.69, 9.17) is 4.74 Å². The molecule has 4 nitrogen and oxygen atoms in total. The van der Waals surface area contributed by atoms with Gasteiger partial charge in [0.05, 0.1) is 18.5 Å². The topological polar surface area (TPSA) is 37.7 Å². The van der Waals surface area contributed by atoms with Gasteiger partial charge in [-0.3, -0.25) is 0 Å². The number of benzene rings is 2. The molecule has 0 bridgehead atoms. The lowest BCUT2D eigenvalue weighted by Gasteiger charge is -2.28. The minimum Gasteiger partial charge on any atom is -0.497 e. The molecule has 0 amide bonds. The summed E-state index contributed by atoms with van der Waals surface area (Å²) in [5, 5.41) is 7.04. The van der Waals surface area contributed by atoms with Crippen LogP contribution in [-0.4, -0.2) is 36.2 Å². The van der Waals surface area contributed by atoms with Gasteiger partial charge in [-0.25, -0.2) is 18.8 Å². The van der Waals surface area contributed by atoms with Crippen molar-refractivity contribution in [1.29, 1.82) is 0 Å². The van der Waals surface area contributed by atoms with Gasteiger partial charge < -0.3 is 4.74 Å². The maximum absolute atomic E-state index is 14.4. The van der Waals surface area contributed by atoms with Crippen molar-refractivity contribution in [3.05, 3.63) is 65.5 Å². The van der Waals surface area contributed by atoms with E-state index in [9.17, 15) is 17.6 Å². The minimum atomic E-state index is -4.25. The molecule has 3 aromatic rings. The normalized spacial score (nSPS) is 16.8. The molecule has 0 aliphatic carbocycles. The molecule has 0 spiro atoms. The average Bonchev–Trinajstić information content (AvgIpc) is 3.42. The van der Waals surface area contributed by atoms with E-state index < -0.39 is 18.4 Å². The number of hydrogen-bond acceptors (Lipinski definition) is 5. The molecule has 0 unspecified atom stereocenters. The van der Waals surface area contributed by atoms with Gasteiger partial charge in [0, 0.05) is 17.4 Å². The van der Waals surface area contributed by atoms with E-state index in [1.807, 2.05) is 30.3 Å². The highest BCUT2D eigenvalue weighted by Gasteiger charge is 2.54. The first-order valence-corrected chi connectivity index (χ1v) is 9.96. The Bertz CT molecular complexity index is 1040. The van der Waals surface area contributed by atoms with Gasteiger partial charge in [0.25, 0.3) is 0 Å². The molecule has 156 valence electrons. The van der Waals surface area contributed by atoms with Crippen LogP contribution in [0.4, 0.5) is 22.7 Å². The quantitative estimate of drug-likeness (QED) is 0.466. The van der Waals surface area contributed by atoms with Crippen molar-refractivity contribution >= 4 is 22.2 Å². The van der Waals surface area contributed by atoms with Crippen molar-refractivity contribution in [1.82, 2.24) is 4.98 Å². The largest absolute Gasteiger partial charge is 0.497 e. The summed E-state index contributed by atoms with van der Waals surface area (Å²) in [7, 11) is 1.51. The highest BCUT2D eigenvalue weighted by Crippen LogP contribution is 2.40. The number of methoxy groups -OCH3 is 1. The lowest BCUT2D eigenvalue weighted by molar-refractivity contribution is -0.141. The first kappa shape index (κ1) is 20.3. The minimum absolute atomic E-state index is 0.141. The van der Waals surface area contributed by atoms with Gasteiger partial charge in [-0.1, -0.05) is 30.3 Å². The van der Waals surface area contributed by atoms with Crippen molar-refractivity contribution in [2.24, 2.45) is 5.10 Å². The molecule has 1 atom stereocenters. The Labute approximate surface area is 174 Å². The molecule has 9 heteroatoms. The van der Waals surface area contributed by atoms with Gasteiger partial charge in [0.2, 0.25) is 5.13 Å². The zero-order chi connectivity index (χ0) is 21.3. The second-order valence-electron chi connectivity index (χ2n) is 6.70. The van der Waals surface area contributed by atoms with Crippen LogP contribution in [0.1, 0.15) is 12.0 Å². The Balaban J connectivity index is 1.71.